The number of hydrogen-bond donors (Lipinski definition) is 1. The Morgan fingerprint density at radius 3 is 2.48 bits per heavy atom. The first-order valence-electron chi connectivity index (χ1n) is 7.95. The summed E-state index contributed by atoms with van der Waals surface area (Å²) < 4.78 is 4.66. The van der Waals surface area contributed by atoms with E-state index in [0.717, 1.165) is 4.90 Å². The molecular formula is C20H15ClN2O3S. The van der Waals surface area contributed by atoms with Crippen LogP contribution in [0.15, 0.2) is 76.8 Å². The third-order valence-corrected chi connectivity index (χ3v) is 5.16. The SMILES string of the molecule is COC(=O)c1ccc(NC(=O)c2cccnc2Sc2ccccc2Cl)cc1. The fraction of sp³-hybridized carbons (Fsp3) is 0.0500. The number of esters is 1. The lowest BCUT2D eigenvalue weighted by Gasteiger charge is -2.10. The highest BCUT2D eigenvalue weighted by atomic mass is 35.5. The molecule has 0 radical (unpaired) electrons. The molecule has 3 aromatic rings. The van der Waals surface area contributed by atoms with Crippen molar-refractivity contribution in [3.05, 3.63) is 83.0 Å². The van der Waals surface area contributed by atoms with E-state index in [4.69, 9.17) is 11.6 Å². The van der Waals surface area contributed by atoms with Crippen LogP contribution in [0, 0.1) is 0 Å². The van der Waals surface area contributed by atoms with Gasteiger partial charge in [-0.15, -0.1) is 0 Å². The molecule has 3 rings (SSSR count). The number of halogens is 1. The van der Waals surface area contributed by atoms with Crippen LogP contribution in [-0.2, 0) is 4.74 Å². The van der Waals surface area contributed by atoms with Crippen LogP contribution in [0.3, 0.4) is 0 Å². The first-order chi connectivity index (χ1) is 13.1. The van der Waals surface area contributed by atoms with Crippen LogP contribution < -0.4 is 5.32 Å². The zero-order valence-electron chi connectivity index (χ0n) is 14.3. The summed E-state index contributed by atoms with van der Waals surface area (Å²) in [5, 5.41) is 3.95. The molecule has 0 saturated heterocycles. The van der Waals surface area contributed by atoms with Crippen LogP contribution in [0.1, 0.15) is 20.7 Å². The topological polar surface area (TPSA) is 68.3 Å². The van der Waals surface area contributed by atoms with E-state index in [-0.39, 0.29) is 5.91 Å². The van der Waals surface area contributed by atoms with Crippen LogP contribution in [0.4, 0.5) is 5.69 Å². The fourth-order valence-electron chi connectivity index (χ4n) is 2.28. The van der Waals surface area contributed by atoms with Gasteiger partial charge in [-0.25, -0.2) is 9.78 Å². The second kappa shape index (κ2) is 8.70. The van der Waals surface area contributed by atoms with Gasteiger partial charge in [-0.3, -0.25) is 4.79 Å². The highest BCUT2D eigenvalue weighted by Crippen LogP contribution is 2.33. The number of aromatic nitrogens is 1. The molecule has 1 heterocycles. The van der Waals surface area contributed by atoms with Gasteiger partial charge in [-0.1, -0.05) is 35.5 Å². The number of carbonyl (C=O) groups excluding carboxylic acids is 2. The van der Waals surface area contributed by atoms with Gasteiger partial charge in [0.05, 0.1) is 23.3 Å². The largest absolute Gasteiger partial charge is 0.465 e. The predicted molar refractivity (Wildman–Crippen MR) is 106 cm³/mol. The lowest BCUT2D eigenvalue weighted by molar-refractivity contribution is 0.0600. The van der Waals surface area contributed by atoms with Crippen LogP contribution in [0.5, 0.6) is 0 Å². The number of nitrogens with zero attached hydrogens (tertiary/aromatic N) is 1. The Hall–Kier alpha value is -2.83. The van der Waals surface area contributed by atoms with Gasteiger partial charge in [0.15, 0.2) is 0 Å². The van der Waals surface area contributed by atoms with Crippen molar-refractivity contribution in [2.24, 2.45) is 0 Å². The van der Waals surface area contributed by atoms with E-state index >= 15 is 0 Å². The maximum absolute atomic E-state index is 12.7. The molecule has 7 heteroatoms. The van der Waals surface area contributed by atoms with Gasteiger partial charge in [-0.05, 0) is 48.5 Å². The van der Waals surface area contributed by atoms with E-state index in [1.807, 2.05) is 18.2 Å². The van der Waals surface area contributed by atoms with E-state index in [2.05, 4.69) is 15.0 Å². The number of anilines is 1. The minimum Gasteiger partial charge on any atom is -0.465 e. The molecule has 2 aromatic carbocycles. The van der Waals surface area contributed by atoms with Gasteiger partial charge in [0, 0.05) is 16.8 Å². The average molecular weight is 399 g/mol. The average Bonchev–Trinajstić information content (AvgIpc) is 2.70. The molecule has 0 fully saturated rings. The third kappa shape index (κ3) is 4.67. The molecule has 5 nitrogen and oxygen atoms in total. The van der Waals surface area contributed by atoms with Crippen molar-refractivity contribution in [1.82, 2.24) is 4.98 Å². The molecule has 0 aliphatic rings. The Balaban J connectivity index is 1.79. The molecule has 0 saturated carbocycles. The van der Waals surface area contributed by atoms with Crippen molar-refractivity contribution in [2.75, 3.05) is 12.4 Å². The van der Waals surface area contributed by atoms with Gasteiger partial charge >= 0.3 is 5.97 Å². The standard InChI is InChI=1S/C20H15ClN2O3S/c1-26-20(25)13-8-10-14(11-9-13)23-18(24)15-5-4-12-22-19(15)27-17-7-3-2-6-16(17)21/h2-12H,1H3,(H,23,24). The van der Waals surface area contributed by atoms with Gasteiger partial charge in [0.2, 0.25) is 0 Å². The Morgan fingerprint density at radius 1 is 1.04 bits per heavy atom. The molecule has 0 atom stereocenters. The van der Waals surface area contributed by atoms with Crippen molar-refractivity contribution in [3.63, 3.8) is 0 Å². The summed E-state index contributed by atoms with van der Waals surface area (Å²) in [5.74, 6) is -0.734. The van der Waals surface area contributed by atoms with Gasteiger partial charge in [0.1, 0.15) is 5.03 Å². The molecule has 0 bridgehead atoms. The summed E-state index contributed by atoms with van der Waals surface area (Å²) in [6.45, 7) is 0. The monoisotopic (exact) mass is 398 g/mol. The fourth-order valence-corrected chi connectivity index (χ4v) is 3.44. The maximum atomic E-state index is 12.7. The van der Waals surface area contributed by atoms with Crippen molar-refractivity contribution in [1.29, 1.82) is 0 Å². The van der Waals surface area contributed by atoms with Crippen LogP contribution >= 0.6 is 23.4 Å². The highest BCUT2D eigenvalue weighted by molar-refractivity contribution is 7.99. The first-order valence-corrected chi connectivity index (χ1v) is 9.15. The van der Waals surface area contributed by atoms with Crippen molar-refractivity contribution < 1.29 is 14.3 Å². The number of nitrogens with one attached hydrogen (secondary N) is 1. The van der Waals surface area contributed by atoms with Crippen LogP contribution in [0.2, 0.25) is 5.02 Å². The Kier molecular flexibility index (Phi) is 6.11. The number of benzene rings is 2. The smallest absolute Gasteiger partial charge is 0.337 e. The van der Waals surface area contributed by atoms with Crippen LogP contribution in [-0.4, -0.2) is 24.0 Å². The Labute approximate surface area is 165 Å². The molecule has 1 aromatic heterocycles. The van der Waals surface area contributed by atoms with E-state index in [1.165, 1.54) is 18.9 Å². The summed E-state index contributed by atoms with van der Waals surface area (Å²) in [6, 6.07) is 17.2. The van der Waals surface area contributed by atoms with Crippen molar-refractivity contribution in [3.8, 4) is 0 Å². The van der Waals surface area contributed by atoms with E-state index in [1.54, 1.807) is 48.7 Å². The second-order valence-corrected chi connectivity index (χ2v) is 6.85. The molecular weight excluding hydrogens is 384 g/mol. The van der Waals surface area contributed by atoms with Gasteiger partial charge in [-0.2, -0.15) is 0 Å². The molecule has 0 aliphatic carbocycles. The normalized spacial score (nSPS) is 10.3. The Morgan fingerprint density at radius 2 is 1.78 bits per heavy atom. The number of carbonyl (C=O) groups is 2. The van der Waals surface area contributed by atoms with Crippen LogP contribution in [0.25, 0.3) is 0 Å². The number of rotatable bonds is 5. The minimum atomic E-state index is -0.432. The zero-order valence-corrected chi connectivity index (χ0v) is 15.9. The number of pyridine rings is 1. The third-order valence-electron chi connectivity index (χ3n) is 3.62. The van der Waals surface area contributed by atoms with Crippen molar-refractivity contribution in [2.45, 2.75) is 9.92 Å². The summed E-state index contributed by atoms with van der Waals surface area (Å²) in [6.07, 6.45) is 1.63. The summed E-state index contributed by atoms with van der Waals surface area (Å²) >= 11 is 7.53. The molecule has 1 N–H and O–H groups in total. The summed E-state index contributed by atoms with van der Waals surface area (Å²) in [5.41, 5.74) is 1.40. The lowest BCUT2D eigenvalue weighted by atomic mass is 10.2. The molecule has 136 valence electrons. The Bertz CT molecular complexity index is 977. The van der Waals surface area contributed by atoms with Gasteiger partial charge < -0.3 is 10.1 Å². The number of hydrogen-bond acceptors (Lipinski definition) is 5. The number of ether oxygens (including phenoxy) is 1. The second-order valence-electron chi connectivity index (χ2n) is 5.41. The highest BCUT2D eigenvalue weighted by Gasteiger charge is 2.15. The van der Waals surface area contributed by atoms with E-state index in [0.29, 0.717) is 26.9 Å². The zero-order chi connectivity index (χ0) is 19.2. The summed E-state index contributed by atoms with van der Waals surface area (Å²) in [7, 11) is 1.32. The summed E-state index contributed by atoms with van der Waals surface area (Å²) in [4.78, 5) is 29.3. The van der Waals surface area contributed by atoms with E-state index < -0.39 is 5.97 Å². The van der Waals surface area contributed by atoms with E-state index in [9.17, 15) is 9.59 Å². The van der Waals surface area contributed by atoms with Gasteiger partial charge in [0.25, 0.3) is 5.91 Å². The molecule has 27 heavy (non-hydrogen) atoms. The molecule has 0 aliphatic heterocycles. The van der Waals surface area contributed by atoms with Crippen molar-refractivity contribution >= 4 is 40.9 Å². The predicted octanol–water partition coefficient (Wildman–Crippen LogP) is 4.93. The molecule has 0 spiro atoms. The molecule has 0 unspecified atom stereocenters. The quantitative estimate of drug-likeness (QED) is 0.617. The molecule has 1 amide bonds. The maximum Gasteiger partial charge on any atom is 0.337 e. The number of methoxy groups -OCH3 is 1. The lowest BCUT2D eigenvalue weighted by Crippen LogP contribution is -2.13. The first kappa shape index (κ1) is 18.9. The minimum absolute atomic E-state index is 0.302. The number of amides is 1.